The van der Waals surface area contributed by atoms with Gasteiger partial charge in [-0.2, -0.15) is 0 Å². The van der Waals surface area contributed by atoms with Crippen LogP contribution in [0.15, 0.2) is 48.5 Å². The number of benzene rings is 2. The minimum absolute atomic E-state index is 0.00107. The molecule has 0 aromatic heterocycles. The first-order valence-corrected chi connectivity index (χ1v) is 6.56. The monoisotopic (exact) mass is 319 g/mol. The number of nitro groups is 1. The van der Waals surface area contributed by atoms with Crippen molar-refractivity contribution in [3.63, 3.8) is 0 Å². The van der Waals surface area contributed by atoms with Gasteiger partial charge < -0.3 is 4.74 Å². The summed E-state index contributed by atoms with van der Waals surface area (Å²) < 4.78 is 4.86. The molecular weight excluding hydrogens is 310 g/mol. The van der Waals surface area contributed by atoms with Crippen LogP contribution in [-0.4, -0.2) is 23.3 Å². The van der Waals surface area contributed by atoms with Crippen molar-refractivity contribution in [2.75, 3.05) is 6.61 Å². The number of hydrogen-bond acceptors (Lipinski definition) is 5. The Morgan fingerprint density at radius 1 is 1.14 bits per heavy atom. The molecule has 2 rings (SSSR count). The number of ketones is 1. The molecule has 0 aliphatic carbocycles. The molecule has 7 heteroatoms. The van der Waals surface area contributed by atoms with Crippen molar-refractivity contribution < 1.29 is 19.2 Å². The Kier molecular flexibility index (Phi) is 4.85. The topological polar surface area (TPSA) is 86.5 Å². The van der Waals surface area contributed by atoms with E-state index in [2.05, 4.69) is 0 Å². The summed E-state index contributed by atoms with van der Waals surface area (Å²) in [5, 5.41) is 10.9. The van der Waals surface area contributed by atoms with Crippen molar-refractivity contribution in [3.05, 3.63) is 74.8 Å². The van der Waals surface area contributed by atoms with Gasteiger partial charge in [0.1, 0.15) is 0 Å². The fourth-order valence-electron chi connectivity index (χ4n) is 1.73. The molecule has 22 heavy (non-hydrogen) atoms. The second-order valence-corrected chi connectivity index (χ2v) is 4.69. The Balaban J connectivity index is 2.04. The van der Waals surface area contributed by atoms with Gasteiger partial charge in [-0.05, 0) is 18.2 Å². The fourth-order valence-corrected chi connectivity index (χ4v) is 1.97. The van der Waals surface area contributed by atoms with E-state index >= 15 is 0 Å². The van der Waals surface area contributed by atoms with Crippen molar-refractivity contribution in [1.29, 1.82) is 0 Å². The minimum atomic E-state index is -0.816. The molecule has 0 aliphatic rings. The van der Waals surface area contributed by atoms with Crippen LogP contribution >= 0.6 is 11.6 Å². The number of carbonyl (C=O) groups is 2. The summed E-state index contributed by atoms with van der Waals surface area (Å²) in [6, 6.07) is 11.5. The second-order valence-electron chi connectivity index (χ2n) is 4.29. The number of esters is 1. The van der Waals surface area contributed by atoms with Gasteiger partial charge in [0.25, 0.3) is 5.69 Å². The van der Waals surface area contributed by atoms with Crippen LogP contribution in [0, 0.1) is 10.1 Å². The maximum atomic E-state index is 11.9. The van der Waals surface area contributed by atoms with E-state index in [-0.39, 0.29) is 21.8 Å². The standard InChI is InChI=1S/C15H10ClNO5/c16-13-7-2-1-6-12(13)14(18)9-22-15(19)10-4-3-5-11(8-10)17(20)21/h1-8H,9H2. The Morgan fingerprint density at radius 2 is 1.86 bits per heavy atom. The van der Waals surface area contributed by atoms with Crippen LogP contribution in [0.25, 0.3) is 0 Å². The van der Waals surface area contributed by atoms with Crippen molar-refractivity contribution >= 4 is 29.0 Å². The average Bonchev–Trinajstić information content (AvgIpc) is 2.52. The number of nitro benzene ring substituents is 1. The summed E-state index contributed by atoms with van der Waals surface area (Å²) in [5.41, 5.74) is 0.0176. The largest absolute Gasteiger partial charge is 0.454 e. The predicted molar refractivity (Wildman–Crippen MR) is 79.2 cm³/mol. The zero-order chi connectivity index (χ0) is 16.1. The summed E-state index contributed by atoms with van der Waals surface area (Å²) in [6.45, 7) is -0.495. The Hall–Kier alpha value is -2.73. The smallest absolute Gasteiger partial charge is 0.338 e. The molecular formula is C15H10ClNO5. The highest BCUT2D eigenvalue weighted by Crippen LogP contribution is 2.17. The molecule has 0 saturated carbocycles. The highest BCUT2D eigenvalue weighted by Gasteiger charge is 2.16. The van der Waals surface area contributed by atoms with Crippen LogP contribution in [-0.2, 0) is 4.74 Å². The van der Waals surface area contributed by atoms with E-state index in [9.17, 15) is 19.7 Å². The van der Waals surface area contributed by atoms with Gasteiger partial charge in [-0.3, -0.25) is 14.9 Å². The number of carbonyl (C=O) groups excluding carboxylic acids is 2. The normalized spacial score (nSPS) is 10.0. The molecule has 0 spiro atoms. The van der Waals surface area contributed by atoms with E-state index in [0.717, 1.165) is 6.07 Å². The molecule has 0 amide bonds. The third-order valence-electron chi connectivity index (χ3n) is 2.80. The van der Waals surface area contributed by atoms with Crippen LogP contribution < -0.4 is 0 Å². The van der Waals surface area contributed by atoms with Crippen LogP contribution in [0.3, 0.4) is 0 Å². The maximum absolute atomic E-state index is 11.9. The van der Waals surface area contributed by atoms with Crippen molar-refractivity contribution in [3.8, 4) is 0 Å². The molecule has 0 fully saturated rings. The lowest BCUT2D eigenvalue weighted by molar-refractivity contribution is -0.384. The molecule has 0 aliphatic heterocycles. The van der Waals surface area contributed by atoms with E-state index in [4.69, 9.17) is 16.3 Å². The molecule has 0 heterocycles. The first-order chi connectivity index (χ1) is 10.5. The van der Waals surface area contributed by atoms with Crippen LogP contribution in [0.5, 0.6) is 0 Å². The number of halogens is 1. The molecule has 6 nitrogen and oxygen atoms in total. The molecule has 0 bridgehead atoms. The number of ether oxygens (including phenoxy) is 1. The van der Waals surface area contributed by atoms with E-state index in [1.807, 2.05) is 0 Å². The Bertz CT molecular complexity index is 744. The van der Waals surface area contributed by atoms with E-state index < -0.39 is 23.3 Å². The lowest BCUT2D eigenvalue weighted by Crippen LogP contribution is -2.14. The number of nitrogens with zero attached hydrogens (tertiary/aromatic N) is 1. The molecule has 0 radical (unpaired) electrons. The molecule has 112 valence electrons. The van der Waals surface area contributed by atoms with Gasteiger partial charge in [0.15, 0.2) is 6.61 Å². The molecule has 2 aromatic rings. The van der Waals surface area contributed by atoms with Crippen molar-refractivity contribution in [2.45, 2.75) is 0 Å². The summed E-state index contributed by atoms with van der Waals surface area (Å²) in [7, 11) is 0. The first-order valence-electron chi connectivity index (χ1n) is 6.18. The van der Waals surface area contributed by atoms with E-state index in [1.54, 1.807) is 18.2 Å². The highest BCUT2D eigenvalue weighted by atomic mass is 35.5. The minimum Gasteiger partial charge on any atom is -0.454 e. The zero-order valence-electron chi connectivity index (χ0n) is 11.2. The number of Topliss-reactive ketones (excluding diaryl/α,β-unsaturated/α-hetero) is 1. The van der Waals surface area contributed by atoms with Crippen molar-refractivity contribution in [2.24, 2.45) is 0 Å². The van der Waals surface area contributed by atoms with Gasteiger partial charge in [0.2, 0.25) is 5.78 Å². The number of hydrogen-bond donors (Lipinski definition) is 0. The Labute approximate surface area is 130 Å². The molecule has 0 atom stereocenters. The van der Waals surface area contributed by atoms with Gasteiger partial charge in [0, 0.05) is 17.7 Å². The van der Waals surface area contributed by atoms with E-state index in [1.165, 1.54) is 24.3 Å². The zero-order valence-corrected chi connectivity index (χ0v) is 11.9. The second kappa shape index (κ2) is 6.82. The quantitative estimate of drug-likeness (QED) is 0.365. The van der Waals surface area contributed by atoms with E-state index in [0.29, 0.717) is 0 Å². The van der Waals surface area contributed by atoms with Crippen LogP contribution in [0.4, 0.5) is 5.69 Å². The highest BCUT2D eigenvalue weighted by molar-refractivity contribution is 6.34. The number of non-ortho nitro benzene ring substituents is 1. The van der Waals surface area contributed by atoms with Crippen molar-refractivity contribution in [1.82, 2.24) is 0 Å². The van der Waals surface area contributed by atoms with Crippen LogP contribution in [0.2, 0.25) is 5.02 Å². The third-order valence-corrected chi connectivity index (χ3v) is 3.13. The van der Waals surface area contributed by atoms with Gasteiger partial charge in [-0.15, -0.1) is 0 Å². The first kappa shape index (κ1) is 15.7. The third kappa shape index (κ3) is 3.67. The predicted octanol–water partition coefficient (Wildman–Crippen LogP) is 3.29. The summed E-state index contributed by atoms with van der Waals surface area (Å²) in [4.78, 5) is 33.7. The maximum Gasteiger partial charge on any atom is 0.338 e. The fraction of sp³-hybridized carbons (Fsp3) is 0.0667. The van der Waals surface area contributed by atoms with Crippen LogP contribution in [0.1, 0.15) is 20.7 Å². The molecule has 0 N–H and O–H groups in total. The van der Waals surface area contributed by atoms with Gasteiger partial charge in [-0.1, -0.05) is 29.8 Å². The molecule has 0 unspecified atom stereocenters. The molecule has 2 aromatic carbocycles. The summed E-state index contributed by atoms with van der Waals surface area (Å²) in [6.07, 6.45) is 0. The Morgan fingerprint density at radius 3 is 2.55 bits per heavy atom. The van der Waals surface area contributed by atoms with Gasteiger partial charge in [0.05, 0.1) is 15.5 Å². The lowest BCUT2D eigenvalue weighted by Gasteiger charge is -2.05. The SMILES string of the molecule is O=C(OCC(=O)c1ccccc1Cl)c1cccc([N+](=O)[O-])c1. The van der Waals surface area contributed by atoms with Gasteiger partial charge in [-0.25, -0.2) is 4.79 Å². The van der Waals surface area contributed by atoms with Gasteiger partial charge >= 0.3 is 5.97 Å². The average molecular weight is 320 g/mol. The number of rotatable bonds is 5. The summed E-state index contributed by atoms with van der Waals surface area (Å²) in [5.74, 6) is -1.27. The lowest BCUT2D eigenvalue weighted by atomic mass is 10.1. The summed E-state index contributed by atoms with van der Waals surface area (Å²) >= 11 is 5.87. The molecule has 0 saturated heterocycles.